The second-order valence-corrected chi connectivity index (χ2v) is 6.94. The van der Waals surface area contributed by atoms with Gasteiger partial charge < -0.3 is 19.9 Å². The van der Waals surface area contributed by atoms with Crippen molar-refractivity contribution in [3.63, 3.8) is 0 Å². The van der Waals surface area contributed by atoms with Crippen molar-refractivity contribution in [3.05, 3.63) is 60.2 Å². The number of fused-ring (bicyclic) bond motifs is 1. The van der Waals surface area contributed by atoms with E-state index >= 15 is 0 Å². The molecule has 0 atom stereocenters. The van der Waals surface area contributed by atoms with Crippen molar-refractivity contribution in [1.82, 2.24) is 14.9 Å². The minimum absolute atomic E-state index is 0.193. The number of primary amides is 1. The van der Waals surface area contributed by atoms with Gasteiger partial charge in [0, 0.05) is 6.54 Å². The van der Waals surface area contributed by atoms with Gasteiger partial charge in [-0.25, -0.2) is 4.98 Å². The molecule has 0 aliphatic heterocycles. The molecule has 7 heteroatoms. The van der Waals surface area contributed by atoms with Crippen molar-refractivity contribution in [1.29, 1.82) is 0 Å². The fourth-order valence-corrected chi connectivity index (χ4v) is 3.36. The molecule has 4 aromatic rings. The highest BCUT2D eigenvalue weighted by Crippen LogP contribution is 2.35. The van der Waals surface area contributed by atoms with Gasteiger partial charge in [-0.3, -0.25) is 9.69 Å². The molecular weight excluding hydrogens is 368 g/mol. The lowest BCUT2D eigenvalue weighted by Crippen LogP contribution is -2.30. The summed E-state index contributed by atoms with van der Waals surface area (Å²) in [7, 11) is 3.47. The summed E-state index contributed by atoms with van der Waals surface area (Å²) < 4.78 is 11.6. The average molecular weight is 390 g/mol. The Bertz CT molecular complexity index is 1130. The molecule has 1 amide bonds. The Balaban J connectivity index is 1.65. The normalized spacial score (nSPS) is 11.3. The van der Waals surface area contributed by atoms with Gasteiger partial charge >= 0.3 is 0 Å². The largest absolute Gasteiger partial charge is 0.496 e. The van der Waals surface area contributed by atoms with Crippen molar-refractivity contribution in [3.8, 4) is 28.7 Å². The molecule has 4 rings (SSSR count). The number of nitrogens with two attached hydrogens (primary N) is 1. The van der Waals surface area contributed by atoms with Crippen LogP contribution in [0.15, 0.2) is 59.0 Å². The maximum atomic E-state index is 11.1. The lowest BCUT2D eigenvalue weighted by Gasteiger charge is -2.16. The number of hydrogen-bond donors (Lipinski definition) is 2. The molecule has 148 valence electrons. The summed E-state index contributed by atoms with van der Waals surface area (Å²) in [5.74, 6) is 2.35. The Kier molecular flexibility index (Phi) is 5.05. The summed E-state index contributed by atoms with van der Waals surface area (Å²) in [6.07, 6.45) is 0. The molecule has 0 fully saturated rings. The molecule has 0 bridgehead atoms. The number of imidazole rings is 1. The van der Waals surface area contributed by atoms with Crippen molar-refractivity contribution in [2.75, 3.05) is 20.7 Å². The first-order valence-corrected chi connectivity index (χ1v) is 9.22. The van der Waals surface area contributed by atoms with Crippen molar-refractivity contribution in [2.45, 2.75) is 6.54 Å². The van der Waals surface area contributed by atoms with Crippen molar-refractivity contribution in [2.24, 2.45) is 5.73 Å². The lowest BCUT2D eigenvalue weighted by molar-refractivity contribution is -0.118. The van der Waals surface area contributed by atoms with Crippen LogP contribution in [0.3, 0.4) is 0 Å². The van der Waals surface area contributed by atoms with Crippen LogP contribution in [0, 0.1) is 0 Å². The summed E-state index contributed by atoms with van der Waals surface area (Å²) >= 11 is 0. The zero-order valence-electron chi connectivity index (χ0n) is 16.3. The van der Waals surface area contributed by atoms with E-state index in [4.69, 9.17) is 14.9 Å². The number of para-hydroxylation sites is 2. The van der Waals surface area contributed by atoms with Gasteiger partial charge in [0.1, 0.15) is 11.5 Å². The molecule has 2 aromatic carbocycles. The molecule has 0 aliphatic carbocycles. The number of furan rings is 1. The second kappa shape index (κ2) is 7.81. The summed E-state index contributed by atoms with van der Waals surface area (Å²) in [5.41, 5.74) is 8.97. The number of ether oxygens (including phenoxy) is 1. The number of methoxy groups -OCH3 is 1. The Morgan fingerprint density at radius 1 is 1.17 bits per heavy atom. The van der Waals surface area contributed by atoms with Crippen molar-refractivity contribution >= 4 is 16.9 Å². The smallest absolute Gasteiger partial charge is 0.231 e. The van der Waals surface area contributed by atoms with Gasteiger partial charge in [0.2, 0.25) is 5.91 Å². The van der Waals surface area contributed by atoms with Gasteiger partial charge in [-0.2, -0.15) is 0 Å². The molecule has 3 N–H and O–H groups in total. The Hall–Kier alpha value is -3.58. The Labute approximate surface area is 168 Å². The number of aromatic amines is 1. The van der Waals surface area contributed by atoms with E-state index in [2.05, 4.69) is 9.97 Å². The van der Waals surface area contributed by atoms with Gasteiger partial charge in [-0.05, 0) is 49.0 Å². The fourth-order valence-electron chi connectivity index (χ4n) is 3.36. The van der Waals surface area contributed by atoms with E-state index < -0.39 is 0 Å². The maximum absolute atomic E-state index is 11.1. The number of H-pyrrole nitrogens is 1. The van der Waals surface area contributed by atoms with Crippen molar-refractivity contribution < 1.29 is 13.9 Å². The third-order valence-corrected chi connectivity index (χ3v) is 4.64. The number of benzene rings is 2. The highest BCUT2D eigenvalue weighted by molar-refractivity contribution is 5.79. The molecule has 29 heavy (non-hydrogen) atoms. The number of aromatic nitrogens is 2. The number of amides is 1. The van der Waals surface area contributed by atoms with Crippen LogP contribution < -0.4 is 10.5 Å². The van der Waals surface area contributed by atoms with Gasteiger partial charge in [-0.15, -0.1) is 0 Å². The van der Waals surface area contributed by atoms with E-state index in [9.17, 15) is 4.79 Å². The number of hydrogen-bond acceptors (Lipinski definition) is 5. The van der Waals surface area contributed by atoms with Crippen LogP contribution in [0.4, 0.5) is 0 Å². The van der Waals surface area contributed by atoms with Crippen LogP contribution in [0.25, 0.3) is 33.9 Å². The molecule has 0 saturated heterocycles. The summed E-state index contributed by atoms with van der Waals surface area (Å²) in [4.78, 5) is 20.8. The molecule has 7 nitrogen and oxygen atoms in total. The number of carbonyl (C=O) groups is 1. The van der Waals surface area contributed by atoms with Crippen LogP contribution in [-0.2, 0) is 11.3 Å². The number of rotatable bonds is 7. The van der Waals surface area contributed by atoms with E-state index in [1.165, 1.54) is 0 Å². The van der Waals surface area contributed by atoms with E-state index in [1.54, 1.807) is 7.11 Å². The van der Waals surface area contributed by atoms with Crippen LogP contribution in [-0.4, -0.2) is 41.5 Å². The molecule has 2 aromatic heterocycles. The van der Waals surface area contributed by atoms with Gasteiger partial charge in [0.05, 0.1) is 30.3 Å². The zero-order valence-corrected chi connectivity index (χ0v) is 16.3. The summed E-state index contributed by atoms with van der Waals surface area (Å²) in [5, 5.41) is 0. The monoisotopic (exact) mass is 390 g/mol. The predicted octanol–water partition coefficient (Wildman–Crippen LogP) is 3.42. The molecule has 0 saturated carbocycles. The minimum atomic E-state index is -0.359. The first-order valence-electron chi connectivity index (χ1n) is 9.22. The Morgan fingerprint density at radius 2 is 1.97 bits per heavy atom. The van der Waals surface area contributed by atoms with E-state index in [-0.39, 0.29) is 12.5 Å². The number of nitrogens with zero attached hydrogens (tertiary/aromatic N) is 2. The molecule has 0 radical (unpaired) electrons. The zero-order chi connectivity index (χ0) is 20.4. The molecule has 0 aliphatic rings. The highest BCUT2D eigenvalue weighted by Gasteiger charge is 2.15. The molecule has 0 spiro atoms. The van der Waals surface area contributed by atoms with E-state index in [0.717, 1.165) is 22.2 Å². The maximum Gasteiger partial charge on any atom is 0.231 e. The quantitative estimate of drug-likeness (QED) is 0.504. The van der Waals surface area contributed by atoms with E-state index in [0.29, 0.717) is 29.6 Å². The Morgan fingerprint density at radius 3 is 2.72 bits per heavy atom. The highest BCUT2D eigenvalue weighted by atomic mass is 16.5. The predicted molar refractivity (Wildman–Crippen MR) is 111 cm³/mol. The van der Waals surface area contributed by atoms with Crippen LogP contribution in [0.1, 0.15) is 5.56 Å². The number of likely N-dealkylation sites (N-methyl/N-ethyl adjacent to an activating group) is 1. The number of carbonyl (C=O) groups excluding carboxylic acids is 1. The molecular formula is C22H22N4O3. The molecule has 2 heterocycles. The van der Waals surface area contributed by atoms with E-state index in [1.807, 2.05) is 66.5 Å². The standard InChI is InChI=1S/C22H22N4O3/c1-26(13-21(23)27)12-14-7-8-18(28-2)15(11-14)19-9-10-20(29-19)22-24-16-5-3-4-6-17(16)25-22/h3-11H,12-13H2,1-2H3,(H2,23,27)(H,24,25). The first kappa shape index (κ1) is 18.8. The second-order valence-electron chi connectivity index (χ2n) is 6.94. The SMILES string of the molecule is COc1ccc(CN(C)CC(N)=O)cc1-c1ccc(-c2nc3ccccc3[nH]2)o1. The summed E-state index contributed by atoms with van der Waals surface area (Å²) in [6, 6.07) is 17.5. The fraction of sp³-hybridized carbons (Fsp3) is 0.182. The molecule has 0 unspecified atom stereocenters. The van der Waals surface area contributed by atoms with Crippen LogP contribution >= 0.6 is 0 Å². The third kappa shape index (κ3) is 4.00. The first-order chi connectivity index (χ1) is 14.0. The minimum Gasteiger partial charge on any atom is -0.496 e. The number of nitrogens with one attached hydrogen (secondary N) is 1. The van der Waals surface area contributed by atoms with Gasteiger partial charge in [0.25, 0.3) is 0 Å². The average Bonchev–Trinajstić information content (AvgIpc) is 3.34. The topological polar surface area (TPSA) is 97.4 Å². The lowest BCUT2D eigenvalue weighted by atomic mass is 10.1. The van der Waals surface area contributed by atoms with Gasteiger partial charge in [0.15, 0.2) is 11.6 Å². The third-order valence-electron chi connectivity index (χ3n) is 4.64. The van der Waals surface area contributed by atoms with Gasteiger partial charge in [-0.1, -0.05) is 18.2 Å². The summed E-state index contributed by atoms with van der Waals surface area (Å²) in [6.45, 7) is 0.773. The van der Waals surface area contributed by atoms with Crippen LogP contribution in [0.5, 0.6) is 5.75 Å². The van der Waals surface area contributed by atoms with Crippen LogP contribution in [0.2, 0.25) is 0 Å².